The standard InChI is InChI=1S/C15H15N3O5/c16-12(20)6-5-10(15(22)23)18-14(21)13-11(19)7-8-3-1-2-4-9(8)17-13/h1-4,7,10,19H,5-6H2,(H2,16,20)(H,18,21)(H,22,23)/t10-/m0/s1. The zero-order valence-electron chi connectivity index (χ0n) is 12.0. The quantitative estimate of drug-likeness (QED) is 0.607. The van der Waals surface area contributed by atoms with Gasteiger partial charge in [-0.1, -0.05) is 18.2 Å². The van der Waals surface area contributed by atoms with Crippen molar-refractivity contribution in [3.63, 3.8) is 0 Å². The number of nitrogens with two attached hydrogens (primary N) is 1. The molecule has 1 aromatic heterocycles. The van der Waals surface area contributed by atoms with Crippen LogP contribution in [0.3, 0.4) is 0 Å². The summed E-state index contributed by atoms with van der Waals surface area (Å²) in [5.41, 5.74) is 5.17. The summed E-state index contributed by atoms with van der Waals surface area (Å²) in [6.45, 7) is 0. The van der Waals surface area contributed by atoms with E-state index < -0.39 is 23.8 Å². The van der Waals surface area contributed by atoms with Crippen molar-refractivity contribution in [3.05, 3.63) is 36.0 Å². The van der Waals surface area contributed by atoms with Gasteiger partial charge in [-0.25, -0.2) is 9.78 Å². The summed E-state index contributed by atoms with van der Waals surface area (Å²) in [5, 5.41) is 21.8. The zero-order chi connectivity index (χ0) is 17.0. The summed E-state index contributed by atoms with van der Waals surface area (Å²) in [7, 11) is 0. The Morgan fingerprint density at radius 2 is 1.96 bits per heavy atom. The smallest absolute Gasteiger partial charge is 0.326 e. The maximum Gasteiger partial charge on any atom is 0.326 e. The van der Waals surface area contributed by atoms with Crippen LogP contribution in [0.25, 0.3) is 10.9 Å². The number of fused-ring (bicyclic) bond motifs is 1. The minimum Gasteiger partial charge on any atom is -0.505 e. The Morgan fingerprint density at radius 1 is 1.26 bits per heavy atom. The summed E-state index contributed by atoms with van der Waals surface area (Å²) in [5.74, 6) is -3.18. The van der Waals surface area contributed by atoms with Gasteiger partial charge in [-0.05, 0) is 18.6 Å². The summed E-state index contributed by atoms with van der Waals surface area (Å²) in [4.78, 5) is 38.1. The molecule has 0 spiro atoms. The van der Waals surface area contributed by atoms with Gasteiger partial charge in [0.2, 0.25) is 5.91 Å². The summed E-state index contributed by atoms with van der Waals surface area (Å²) >= 11 is 0. The molecule has 0 saturated carbocycles. The second kappa shape index (κ2) is 6.73. The van der Waals surface area contributed by atoms with E-state index >= 15 is 0 Å². The molecule has 8 nitrogen and oxygen atoms in total. The minimum atomic E-state index is -1.31. The molecule has 8 heteroatoms. The van der Waals surface area contributed by atoms with E-state index in [1.165, 1.54) is 6.07 Å². The Morgan fingerprint density at radius 3 is 2.61 bits per heavy atom. The van der Waals surface area contributed by atoms with Gasteiger partial charge in [-0.3, -0.25) is 9.59 Å². The summed E-state index contributed by atoms with van der Waals surface area (Å²) < 4.78 is 0. The molecule has 1 atom stereocenters. The van der Waals surface area contributed by atoms with Gasteiger partial charge in [0.15, 0.2) is 5.69 Å². The Hall–Kier alpha value is -3.16. The van der Waals surface area contributed by atoms with Crippen LogP contribution in [0, 0.1) is 0 Å². The first kappa shape index (κ1) is 16.2. The highest BCUT2D eigenvalue weighted by molar-refractivity contribution is 5.99. The van der Waals surface area contributed by atoms with E-state index in [2.05, 4.69) is 10.3 Å². The molecule has 23 heavy (non-hydrogen) atoms. The van der Waals surface area contributed by atoms with E-state index in [1.54, 1.807) is 24.3 Å². The fourth-order valence-electron chi connectivity index (χ4n) is 2.04. The summed E-state index contributed by atoms with van der Waals surface area (Å²) in [6.07, 6.45) is -0.334. The van der Waals surface area contributed by atoms with Crippen LogP contribution in [0.4, 0.5) is 0 Å². The first-order valence-corrected chi connectivity index (χ1v) is 6.79. The predicted molar refractivity (Wildman–Crippen MR) is 80.7 cm³/mol. The molecular weight excluding hydrogens is 302 g/mol. The summed E-state index contributed by atoms with van der Waals surface area (Å²) in [6, 6.07) is 6.93. The number of carbonyl (C=O) groups is 3. The van der Waals surface area contributed by atoms with Crippen LogP contribution in [0.1, 0.15) is 23.3 Å². The molecule has 0 unspecified atom stereocenters. The van der Waals surface area contributed by atoms with Crippen molar-refractivity contribution >= 4 is 28.7 Å². The molecule has 2 amide bonds. The second-order valence-corrected chi connectivity index (χ2v) is 4.92. The van der Waals surface area contributed by atoms with E-state index in [1.807, 2.05) is 0 Å². The van der Waals surface area contributed by atoms with Gasteiger partial charge in [0.25, 0.3) is 5.91 Å². The molecule has 2 aromatic rings. The number of hydrogen-bond donors (Lipinski definition) is 4. The molecule has 1 heterocycles. The fourth-order valence-corrected chi connectivity index (χ4v) is 2.04. The molecule has 0 aliphatic rings. The van der Waals surface area contributed by atoms with Crippen LogP contribution >= 0.6 is 0 Å². The van der Waals surface area contributed by atoms with Gasteiger partial charge in [0.1, 0.15) is 11.8 Å². The maximum atomic E-state index is 12.2. The topological polar surface area (TPSA) is 143 Å². The molecule has 0 saturated heterocycles. The first-order chi connectivity index (χ1) is 10.9. The number of amides is 2. The average molecular weight is 317 g/mol. The second-order valence-electron chi connectivity index (χ2n) is 4.92. The molecule has 0 fully saturated rings. The Balaban J connectivity index is 2.23. The number of hydrogen-bond acceptors (Lipinski definition) is 5. The van der Waals surface area contributed by atoms with Gasteiger partial charge >= 0.3 is 5.97 Å². The van der Waals surface area contributed by atoms with Gasteiger partial charge in [0.05, 0.1) is 5.52 Å². The van der Waals surface area contributed by atoms with Crippen molar-refractivity contribution in [1.82, 2.24) is 10.3 Å². The molecule has 0 aliphatic carbocycles. The number of benzene rings is 1. The largest absolute Gasteiger partial charge is 0.505 e. The number of carboxylic acids is 1. The fraction of sp³-hybridized carbons (Fsp3) is 0.200. The van der Waals surface area contributed by atoms with Crippen molar-refractivity contribution in [1.29, 1.82) is 0 Å². The predicted octanol–water partition coefficient (Wildman–Crippen LogP) is 0.389. The number of carboxylic acid groups (broad SMARTS) is 1. The lowest BCUT2D eigenvalue weighted by molar-refractivity contribution is -0.139. The van der Waals surface area contributed by atoms with Crippen molar-refractivity contribution in [2.45, 2.75) is 18.9 Å². The third-order valence-electron chi connectivity index (χ3n) is 3.20. The van der Waals surface area contributed by atoms with Crippen LogP contribution in [0.15, 0.2) is 30.3 Å². The number of rotatable bonds is 6. The Bertz CT molecular complexity index is 775. The van der Waals surface area contributed by atoms with Crippen molar-refractivity contribution in [2.75, 3.05) is 0 Å². The van der Waals surface area contributed by atoms with Crippen LogP contribution < -0.4 is 11.1 Å². The van der Waals surface area contributed by atoms with E-state index in [0.29, 0.717) is 10.9 Å². The molecule has 1 aromatic carbocycles. The lowest BCUT2D eigenvalue weighted by Gasteiger charge is -2.14. The van der Waals surface area contributed by atoms with E-state index in [0.717, 1.165) is 0 Å². The lowest BCUT2D eigenvalue weighted by atomic mass is 10.1. The van der Waals surface area contributed by atoms with Crippen molar-refractivity contribution in [2.24, 2.45) is 5.73 Å². The minimum absolute atomic E-state index is 0.148. The van der Waals surface area contributed by atoms with Gasteiger partial charge < -0.3 is 21.3 Å². The van der Waals surface area contributed by atoms with Crippen LogP contribution in [0.5, 0.6) is 5.75 Å². The highest BCUT2D eigenvalue weighted by Crippen LogP contribution is 2.21. The molecule has 0 radical (unpaired) electrons. The van der Waals surface area contributed by atoms with E-state index in [-0.39, 0.29) is 24.3 Å². The van der Waals surface area contributed by atoms with Crippen molar-refractivity contribution < 1.29 is 24.6 Å². The average Bonchev–Trinajstić information content (AvgIpc) is 2.49. The number of pyridine rings is 1. The first-order valence-electron chi connectivity index (χ1n) is 6.79. The van der Waals surface area contributed by atoms with Crippen molar-refractivity contribution in [3.8, 4) is 5.75 Å². The Labute approximate surface area is 130 Å². The molecule has 0 bridgehead atoms. The number of aromatic hydroxyl groups is 1. The molecular formula is C15H15N3O5. The number of aromatic nitrogens is 1. The number of carbonyl (C=O) groups excluding carboxylic acids is 2. The van der Waals surface area contributed by atoms with Crippen LogP contribution in [-0.4, -0.2) is 39.0 Å². The normalized spacial score (nSPS) is 11.8. The zero-order valence-corrected chi connectivity index (χ0v) is 12.0. The van der Waals surface area contributed by atoms with Gasteiger partial charge in [-0.15, -0.1) is 0 Å². The number of primary amides is 1. The van der Waals surface area contributed by atoms with Gasteiger partial charge in [-0.2, -0.15) is 0 Å². The number of nitrogens with one attached hydrogen (secondary N) is 1. The Kier molecular flexibility index (Phi) is 4.75. The van der Waals surface area contributed by atoms with Crippen LogP contribution in [0.2, 0.25) is 0 Å². The third-order valence-corrected chi connectivity index (χ3v) is 3.20. The lowest BCUT2D eigenvalue weighted by Crippen LogP contribution is -2.41. The number of aliphatic carboxylic acids is 1. The molecule has 120 valence electrons. The van der Waals surface area contributed by atoms with E-state index in [4.69, 9.17) is 10.8 Å². The van der Waals surface area contributed by atoms with Gasteiger partial charge in [0, 0.05) is 11.8 Å². The molecule has 0 aliphatic heterocycles. The molecule has 5 N–H and O–H groups in total. The number of para-hydroxylation sites is 1. The highest BCUT2D eigenvalue weighted by atomic mass is 16.4. The third kappa shape index (κ3) is 3.94. The monoisotopic (exact) mass is 317 g/mol. The SMILES string of the molecule is NC(=O)CC[C@H](NC(=O)c1nc2ccccc2cc1O)C(=O)O. The van der Waals surface area contributed by atoms with Crippen LogP contribution in [-0.2, 0) is 9.59 Å². The number of nitrogens with zero attached hydrogens (tertiary/aromatic N) is 1. The maximum absolute atomic E-state index is 12.2. The highest BCUT2D eigenvalue weighted by Gasteiger charge is 2.23. The molecule has 2 rings (SSSR count). The van der Waals surface area contributed by atoms with E-state index in [9.17, 15) is 19.5 Å².